The number of carbonyl (C=O) groups is 2. The molecule has 0 spiro atoms. The topological polar surface area (TPSA) is 96.9 Å². The fourth-order valence-electron chi connectivity index (χ4n) is 13.0. The number of carbonyl (C=O) groups excluding carboxylic acids is 2. The van der Waals surface area contributed by atoms with E-state index in [0.29, 0.717) is 47.9 Å². The number of methoxy groups -OCH3 is 2. The number of aliphatic hydroxyl groups is 1. The first kappa shape index (κ1) is 38.7. The molecule has 4 aliphatic carbocycles. The van der Waals surface area contributed by atoms with Gasteiger partial charge in [-0.1, -0.05) is 67.0 Å². The highest BCUT2D eigenvalue weighted by atomic mass is 16.5. The van der Waals surface area contributed by atoms with Crippen LogP contribution in [0.15, 0.2) is 42.5 Å². The summed E-state index contributed by atoms with van der Waals surface area (Å²) in [5.74, 6) is 3.34. The molecule has 6 rings (SSSR count). The maximum absolute atomic E-state index is 14.5. The third-order valence-corrected chi connectivity index (χ3v) is 16.2. The zero-order chi connectivity index (χ0) is 37.7. The van der Waals surface area contributed by atoms with E-state index in [9.17, 15) is 14.7 Å². The summed E-state index contributed by atoms with van der Waals surface area (Å²) >= 11 is 0. The highest BCUT2D eigenvalue weighted by Crippen LogP contribution is 2.75. The third-order valence-electron chi connectivity index (χ3n) is 16.2. The number of benzene rings is 2. The van der Waals surface area contributed by atoms with Crippen molar-refractivity contribution in [3.63, 3.8) is 0 Å². The average molecular weight is 715 g/mol. The van der Waals surface area contributed by atoms with Gasteiger partial charge in [0.15, 0.2) is 0 Å². The number of amides is 2. The molecule has 286 valence electrons. The second-order valence-electron chi connectivity index (χ2n) is 18.5. The smallest absolute Gasteiger partial charge is 0.251 e. The number of ether oxygens (including phenoxy) is 2. The van der Waals surface area contributed by atoms with E-state index in [2.05, 4.69) is 59.1 Å². The lowest BCUT2D eigenvalue weighted by Crippen LogP contribution is -2.67. The minimum Gasteiger partial charge on any atom is -0.497 e. The lowest BCUT2D eigenvalue weighted by molar-refractivity contribution is -0.246. The van der Waals surface area contributed by atoms with Gasteiger partial charge in [0, 0.05) is 30.3 Å². The monoisotopic (exact) mass is 714 g/mol. The molecule has 3 N–H and O–H groups in total. The molecule has 2 amide bonds. The Balaban J connectivity index is 1.15. The van der Waals surface area contributed by atoms with Gasteiger partial charge in [0.2, 0.25) is 5.91 Å². The van der Waals surface area contributed by atoms with E-state index in [-0.39, 0.29) is 45.5 Å². The lowest BCUT2D eigenvalue weighted by Gasteiger charge is -2.72. The van der Waals surface area contributed by atoms with Gasteiger partial charge in [-0.2, -0.15) is 0 Å². The number of fused-ring (bicyclic) bond motifs is 5. The minimum absolute atomic E-state index is 0.0466. The molecule has 4 saturated carbocycles. The summed E-state index contributed by atoms with van der Waals surface area (Å²) in [4.78, 5) is 27.7. The predicted octanol–water partition coefficient (Wildman–Crippen LogP) is 9.10. The molecule has 4 aliphatic rings. The van der Waals surface area contributed by atoms with Gasteiger partial charge in [-0.15, -0.1) is 0 Å². The Morgan fingerprint density at radius 1 is 0.827 bits per heavy atom. The van der Waals surface area contributed by atoms with Crippen LogP contribution in [0.5, 0.6) is 11.5 Å². The van der Waals surface area contributed by atoms with Crippen LogP contribution in [0, 0.1) is 50.7 Å². The van der Waals surface area contributed by atoms with Crippen LogP contribution in [0.1, 0.15) is 134 Å². The second-order valence-corrected chi connectivity index (χ2v) is 18.5. The van der Waals surface area contributed by atoms with Gasteiger partial charge in [-0.05, 0) is 133 Å². The van der Waals surface area contributed by atoms with E-state index in [1.54, 1.807) is 14.2 Å². The summed E-state index contributed by atoms with van der Waals surface area (Å²) in [7, 11) is 3.22. The summed E-state index contributed by atoms with van der Waals surface area (Å²) in [5, 5.41) is 17.5. The zero-order valence-corrected chi connectivity index (χ0v) is 33.5. The Kier molecular flexibility index (Phi) is 10.6. The van der Waals surface area contributed by atoms with Gasteiger partial charge in [0.1, 0.15) is 11.5 Å². The highest BCUT2D eigenvalue weighted by Gasteiger charge is 2.69. The van der Waals surface area contributed by atoms with Crippen LogP contribution < -0.4 is 20.1 Å². The summed E-state index contributed by atoms with van der Waals surface area (Å²) in [6.07, 6.45) is 10.5. The summed E-state index contributed by atoms with van der Waals surface area (Å²) in [5.41, 5.74) is 2.55. The fraction of sp³-hybridized carbons (Fsp3) is 0.689. The third kappa shape index (κ3) is 6.15. The fourth-order valence-corrected chi connectivity index (χ4v) is 13.0. The normalized spacial score (nSPS) is 36.4. The molecule has 0 heterocycles. The molecule has 4 fully saturated rings. The highest BCUT2D eigenvalue weighted by molar-refractivity contribution is 5.94. The molecule has 0 aliphatic heterocycles. The van der Waals surface area contributed by atoms with Crippen molar-refractivity contribution in [3.05, 3.63) is 59.2 Å². The molecule has 7 heteroatoms. The first-order valence-electron chi connectivity index (χ1n) is 20.2. The van der Waals surface area contributed by atoms with E-state index in [0.717, 1.165) is 49.7 Å². The van der Waals surface area contributed by atoms with Crippen LogP contribution in [0.2, 0.25) is 0 Å². The van der Waals surface area contributed by atoms with Gasteiger partial charge in [0.25, 0.3) is 5.91 Å². The molecule has 52 heavy (non-hydrogen) atoms. The van der Waals surface area contributed by atoms with Gasteiger partial charge in [-0.3, -0.25) is 9.59 Å². The van der Waals surface area contributed by atoms with Crippen molar-refractivity contribution >= 4 is 11.8 Å². The quantitative estimate of drug-likeness (QED) is 0.228. The standard InChI is InChI=1S/C45H66N2O5/c1-10-20-45(40(50)47-27-30-12-11-13-31(25-30)39(49)46-28-32-14-15-33(51-8)26-35(32)52-9)24-23-43(6)34(29(45)2)16-17-37-42(5)21-19-38(48)41(3,4)36(42)18-22-44(37,43)7/h11-15,25-26,29,34,36-38,48H,10,16-24,27-28H2,1-9H3,(H,46,49)(H,47,50)/t29?,34?,36?,37?,38?,42?,43-,44?,45?/m1/s1. The Bertz CT molecular complexity index is 1640. The van der Waals surface area contributed by atoms with E-state index < -0.39 is 5.41 Å². The molecular formula is C45H66N2O5. The van der Waals surface area contributed by atoms with Gasteiger partial charge in [-0.25, -0.2) is 0 Å². The van der Waals surface area contributed by atoms with Gasteiger partial charge < -0.3 is 25.2 Å². The van der Waals surface area contributed by atoms with Crippen LogP contribution in [0.4, 0.5) is 0 Å². The predicted molar refractivity (Wildman–Crippen MR) is 207 cm³/mol. The SMILES string of the molecule is CCCC1(C(=O)NCc2cccc(C(=O)NCc3ccc(OC)cc3OC)c2)CC[C@]2(C)C(CCC3C4(C)CCC(O)C(C)(C)C4CCC32C)C1C. The molecule has 0 bridgehead atoms. The van der Waals surface area contributed by atoms with Crippen LogP contribution in [0.3, 0.4) is 0 Å². The molecule has 9 atom stereocenters. The summed E-state index contributed by atoms with van der Waals surface area (Å²) in [6, 6.07) is 13.1. The van der Waals surface area contributed by atoms with Crippen molar-refractivity contribution in [2.75, 3.05) is 14.2 Å². The van der Waals surface area contributed by atoms with Crippen LogP contribution >= 0.6 is 0 Å². The molecule has 0 aromatic heterocycles. The number of hydrogen-bond donors (Lipinski definition) is 3. The largest absolute Gasteiger partial charge is 0.497 e. The molecule has 8 unspecified atom stereocenters. The Hall–Kier alpha value is -3.06. The van der Waals surface area contributed by atoms with E-state index >= 15 is 0 Å². The number of rotatable bonds is 10. The summed E-state index contributed by atoms with van der Waals surface area (Å²) in [6.45, 7) is 17.8. The Labute approximate surface area is 313 Å². The minimum atomic E-state index is -0.396. The van der Waals surface area contributed by atoms with E-state index in [1.165, 1.54) is 25.7 Å². The Morgan fingerprint density at radius 3 is 2.31 bits per heavy atom. The van der Waals surface area contributed by atoms with Crippen molar-refractivity contribution in [2.24, 2.45) is 50.7 Å². The average Bonchev–Trinajstić information content (AvgIpc) is 3.13. The number of hydrogen-bond acceptors (Lipinski definition) is 5. The molecular weight excluding hydrogens is 649 g/mol. The van der Waals surface area contributed by atoms with Gasteiger partial charge >= 0.3 is 0 Å². The van der Waals surface area contributed by atoms with E-state index in [1.807, 2.05) is 42.5 Å². The molecule has 0 radical (unpaired) electrons. The first-order chi connectivity index (χ1) is 24.6. The van der Waals surface area contributed by atoms with Crippen molar-refractivity contribution < 1.29 is 24.2 Å². The van der Waals surface area contributed by atoms with Crippen molar-refractivity contribution in [1.82, 2.24) is 10.6 Å². The molecule has 7 nitrogen and oxygen atoms in total. The maximum atomic E-state index is 14.5. The number of nitrogens with one attached hydrogen (secondary N) is 2. The van der Waals surface area contributed by atoms with Crippen molar-refractivity contribution in [2.45, 2.75) is 132 Å². The van der Waals surface area contributed by atoms with E-state index in [4.69, 9.17) is 9.47 Å². The van der Waals surface area contributed by atoms with Crippen molar-refractivity contribution in [1.29, 1.82) is 0 Å². The van der Waals surface area contributed by atoms with Crippen LogP contribution in [-0.4, -0.2) is 37.2 Å². The van der Waals surface area contributed by atoms with Crippen LogP contribution in [0.25, 0.3) is 0 Å². The number of aliphatic hydroxyl groups excluding tert-OH is 1. The van der Waals surface area contributed by atoms with Crippen LogP contribution in [-0.2, 0) is 17.9 Å². The van der Waals surface area contributed by atoms with Crippen molar-refractivity contribution in [3.8, 4) is 11.5 Å². The molecule has 2 aromatic rings. The Morgan fingerprint density at radius 2 is 1.60 bits per heavy atom. The molecule has 2 aromatic carbocycles. The lowest BCUT2D eigenvalue weighted by atomic mass is 9.32. The first-order valence-corrected chi connectivity index (χ1v) is 20.2. The van der Waals surface area contributed by atoms with Gasteiger partial charge in [0.05, 0.1) is 25.7 Å². The second kappa shape index (κ2) is 14.3. The maximum Gasteiger partial charge on any atom is 0.251 e. The summed E-state index contributed by atoms with van der Waals surface area (Å²) < 4.78 is 10.8. The molecule has 0 saturated heterocycles. The zero-order valence-electron chi connectivity index (χ0n) is 33.5.